The molecule has 7 heteroatoms. The Labute approximate surface area is 133 Å². The fourth-order valence-electron chi connectivity index (χ4n) is 2.29. The van der Waals surface area contributed by atoms with Crippen LogP contribution in [-0.4, -0.2) is 37.3 Å². The Morgan fingerprint density at radius 1 is 1.05 bits per heavy atom. The maximum absolute atomic E-state index is 11.4. The van der Waals surface area contributed by atoms with Crippen LogP contribution >= 0.6 is 0 Å². The van der Waals surface area contributed by atoms with Gasteiger partial charge in [0.1, 0.15) is 6.10 Å². The lowest BCUT2D eigenvalue weighted by atomic mass is 10.3. The fourth-order valence-corrected chi connectivity index (χ4v) is 15.1. The number of rotatable bonds is 9. The Morgan fingerprint density at radius 2 is 1.48 bits per heavy atom. The molecule has 0 bridgehead atoms. The maximum Gasteiger partial charge on any atom is 0.330 e. The predicted molar refractivity (Wildman–Crippen MR) is 95.7 cm³/mol. The largest absolute Gasteiger partial charge is 0.459 e. The van der Waals surface area contributed by atoms with Gasteiger partial charge in [-0.2, -0.15) is 0 Å². The number of hydrogen-bond acceptors (Lipinski definition) is 4. The van der Waals surface area contributed by atoms with Crippen LogP contribution in [0.2, 0.25) is 51.9 Å². The van der Waals surface area contributed by atoms with Crippen molar-refractivity contribution in [3.63, 3.8) is 0 Å². The molecule has 0 saturated carbocycles. The minimum Gasteiger partial charge on any atom is -0.459 e. The average Bonchev–Trinajstić information content (AvgIpc) is 2.21. The Hall–Kier alpha value is -0.219. The molecule has 21 heavy (non-hydrogen) atoms. The van der Waals surface area contributed by atoms with Crippen molar-refractivity contribution in [2.45, 2.75) is 71.3 Å². The Bertz CT molecular complexity index is 342. The number of carbonyl (C=O) groups is 1. The summed E-state index contributed by atoms with van der Waals surface area (Å²) in [5.74, 6) is -0.376. The second-order valence-electron chi connectivity index (χ2n) is 7.44. The molecule has 0 aromatic carbocycles. The molecule has 0 spiro atoms. The zero-order valence-electron chi connectivity index (χ0n) is 14.9. The number of esters is 1. The molecule has 124 valence electrons. The second kappa shape index (κ2) is 7.87. The van der Waals surface area contributed by atoms with Crippen LogP contribution in [0.15, 0.2) is 12.7 Å². The van der Waals surface area contributed by atoms with Crippen molar-refractivity contribution in [1.82, 2.24) is 0 Å². The highest BCUT2D eigenvalue weighted by Gasteiger charge is 2.42. The van der Waals surface area contributed by atoms with E-state index < -0.39 is 25.2 Å². The third-order valence-corrected chi connectivity index (χ3v) is 12.1. The molecule has 0 amide bonds. The van der Waals surface area contributed by atoms with E-state index in [-0.39, 0.29) is 12.1 Å². The number of hydrogen-bond donors (Lipinski definition) is 0. The van der Waals surface area contributed by atoms with E-state index in [0.29, 0.717) is 6.04 Å². The fraction of sp³-hybridized carbons (Fsp3) is 0.786. The quantitative estimate of drug-likeness (QED) is 0.354. The smallest absolute Gasteiger partial charge is 0.330 e. The van der Waals surface area contributed by atoms with Gasteiger partial charge in [0.2, 0.25) is 0 Å². The molecule has 0 rings (SSSR count). The van der Waals surface area contributed by atoms with Gasteiger partial charge in [0.15, 0.2) is 16.6 Å². The van der Waals surface area contributed by atoms with E-state index in [1.807, 2.05) is 6.92 Å². The molecule has 0 aliphatic heterocycles. The summed E-state index contributed by atoms with van der Waals surface area (Å²) in [6, 6.07) is 0.678. The van der Waals surface area contributed by atoms with E-state index >= 15 is 0 Å². The number of carbonyl (C=O) groups excluding carboxylic acids is 1. The molecular formula is C14H32O4Si3. The van der Waals surface area contributed by atoms with Gasteiger partial charge >= 0.3 is 14.5 Å². The summed E-state index contributed by atoms with van der Waals surface area (Å²) < 4.78 is 18.3. The van der Waals surface area contributed by atoms with Crippen LogP contribution in [-0.2, 0) is 17.8 Å². The van der Waals surface area contributed by atoms with Crippen molar-refractivity contribution in [1.29, 1.82) is 0 Å². The van der Waals surface area contributed by atoms with Crippen LogP contribution in [0.25, 0.3) is 0 Å². The first-order chi connectivity index (χ1) is 9.30. The van der Waals surface area contributed by atoms with Crippen LogP contribution < -0.4 is 0 Å². The van der Waals surface area contributed by atoms with Crippen LogP contribution in [0.5, 0.6) is 0 Å². The van der Waals surface area contributed by atoms with Gasteiger partial charge in [-0.1, -0.05) is 13.5 Å². The van der Waals surface area contributed by atoms with E-state index in [1.165, 1.54) is 6.08 Å². The Balaban J connectivity index is 5.10. The van der Waals surface area contributed by atoms with Crippen molar-refractivity contribution in [3.8, 4) is 0 Å². The Kier molecular flexibility index (Phi) is 7.78. The molecule has 0 N–H and O–H groups in total. The maximum atomic E-state index is 11.4. The first kappa shape index (κ1) is 20.8. The lowest BCUT2D eigenvalue weighted by Crippen LogP contribution is -2.54. The molecule has 0 saturated heterocycles. The van der Waals surface area contributed by atoms with Gasteiger partial charge in [0.05, 0.1) is 0 Å². The first-order valence-corrected chi connectivity index (χ1v) is 16.9. The summed E-state index contributed by atoms with van der Waals surface area (Å²) >= 11 is 0. The van der Waals surface area contributed by atoms with Gasteiger partial charge in [-0.3, -0.25) is 0 Å². The number of ether oxygens (including phenoxy) is 1. The minimum absolute atomic E-state index is 0.167. The topological polar surface area (TPSA) is 44.8 Å². The highest BCUT2D eigenvalue weighted by Crippen LogP contribution is 2.27. The summed E-state index contributed by atoms with van der Waals surface area (Å²) in [5, 5.41) is 0. The van der Waals surface area contributed by atoms with Gasteiger partial charge < -0.3 is 13.0 Å². The molecule has 0 aliphatic carbocycles. The second-order valence-corrected chi connectivity index (χ2v) is 20.2. The normalized spacial score (nSPS) is 14.7. The molecular weight excluding hydrogens is 316 g/mol. The zero-order chi connectivity index (χ0) is 16.9. The summed E-state index contributed by atoms with van der Waals surface area (Å²) in [7, 11) is -5.82. The van der Waals surface area contributed by atoms with E-state index in [2.05, 4.69) is 52.4 Å². The van der Waals surface area contributed by atoms with Crippen LogP contribution in [0, 0.1) is 0 Å². The van der Waals surface area contributed by atoms with Crippen molar-refractivity contribution < 1.29 is 17.8 Å². The van der Waals surface area contributed by atoms with Crippen molar-refractivity contribution in [2.75, 3.05) is 0 Å². The monoisotopic (exact) mass is 348 g/mol. The highest BCUT2D eigenvalue weighted by molar-refractivity contribution is 6.87. The molecule has 1 atom stereocenters. The molecule has 0 heterocycles. The third-order valence-electron chi connectivity index (χ3n) is 2.55. The van der Waals surface area contributed by atoms with E-state index in [0.717, 1.165) is 6.42 Å². The van der Waals surface area contributed by atoms with Crippen LogP contribution in [0.1, 0.15) is 13.3 Å². The third kappa shape index (κ3) is 10.2. The SMILES string of the molecule is C=CC(=O)OC(CC)C[Si](C)(O[Si](C)(C)C)O[Si](C)(C)C. The van der Waals surface area contributed by atoms with Crippen LogP contribution in [0.4, 0.5) is 0 Å². The minimum atomic E-state index is -2.37. The van der Waals surface area contributed by atoms with E-state index in [4.69, 9.17) is 13.0 Å². The lowest BCUT2D eigenvalue weighted by Gasteiger charge is -2.39. The molecule has 0 fully saturated rings. The zero-order valence-corrected chi connectivity index (χ0v) is 17.9. The van der Waals surface area contributed by atoms with Gasteiger partial charge in [-0.25, -0.2) is 4.79 Å². The summed E-state index contributed by atoms with van der Waals surface area (Å²) in [4.78, 5) is 11.4. The molecule has 0 aromatic heterocycles. The Morgan fingerprint density at radius 3 is 1.76 bits per heavy atom. The van der Waals surface area contributed by atoms with Crippen molar-refractivity contribution in [3.05, 3.63) is 12.7 Å². The van der Waals surface area contributed by atoms with Crippen LogP contribution in [0.3, 0.4) is 0 Å². The first-order valence-electron chi connectivity index (χ1n) is 7.53. The van der Waals surface area contributed by atoms with Gasteiger partial charge in [0.25, 0.3) is 0 Å². The van der Waals surface area contributed by atoms with E-state index in [1.54, 1.807) is 0 Å². The molecule has 1 unspecified atom stereocenters. The van der Waals surface area contributed by atoms with Gasteiger partial charge in [-0.15, -0.1) is 0 Å². The standard InChI is InChI=1S/C14H32O4Si3/c1-10-13(16-14(15)11-2)12-21(9,17-19(3,4)5)18-20(6,7)8/h11,13H,2,10,12H2,1,3-9H3. The predicted octanol–water partition coefficient (Wildman–Crippen LogP) is 4.27. The summed E-state index contributed by atoms with van der Waals surface area (Å²) in [5.41, 5.74) is 0. The van der Waals surface area contributed by atoms with Crippen molar-refractivity contribution in [2.24, 2.45) is 0 Å². The molecule has 4 nitrogen and oxygen atoms in total. The molecule has 0 aromatic rings. The highest BCUT2D eigenvalue weighted by atomic mass is 28.5. The lowest BCUT2D eigenvalue weighted by molar-refractivity contribution is -0.142. The average molecular weight is 349 g/mol. The molecule has 0 aliphatic rings. The van der Waals surface area contributed by atoms with E-state index in [9.17, 15) is 4.79 Å². The van der Waals surface area contributed by atoms with Gasteiger partial charge in [-0.05, 0) is 52.2 Å². The molecule has 0 radical (unpaired) electrons. The summed E-state index contributed by atoms with van der Waals surface area (Å²) in [6.45, 7) is 20.6. The van der Waals surface area contributed by atoms with Crippen molar-refractivity contribution >= 4 is 31.2 Å². The van der Waals surface area contributed by atoms with Gasteiger partial charge in [0, 0.05) is 12.1 Å². The summed E-state index contributed by atoms with van der Waals surface area (Å²) in [6.07, 6.45) is 1.80.